The van der Waals surface area contributed by atoms with Gasteiger partial charge >= 0.3 is 5.97 Å². The molecule has 0 spiro atoms. The number of anilines is 1. The summed E-state index contributed by atoms with van der Waals surface area (Å²) in [6.07, 6.45) is 5.96. The van der Waals surface area contributed by atoms with Gasteiger partial charge in [-0.1, -0.05) is 36.4 Å². The Kier molecular flexibility index (Phi) is 4.80. The van der Waals surface area contributed by atoms with Crippen LogP contribution in [0.25, 0.3) is 23.1 Å². The third-order valence-electron chi connectivity index (χ3n) is 4.13. The molecule has 126 valence electrons. The smallest absolute Gasteiger partial charge is 0.370 e. The zero-order chi connectivity index (χ0) is 17.8. The van der Waals surface area contributed by atoms with Crippen LogP contribution in [0.5, 0.6) is 0 Å². The van der Waals surface area contributed by atoms with Crippen LogP contribution in [-0.4, -0.2) is 25.2 Å². The molecule has 1 aromatic heterocycles. The highest BCUT2D eigenvalue weighted by molar-refractivity contribution is 5.88. The van der Waals surface area contributed by atoms with Gasteiger partial charge in [-0.3, -0.25) is 0 Å². The highest BCUT2D eigenvalue weighted by atomic mass is 16.4. The molecule has 0 saturated carbocycles. The van der Waals surface area contributed by atoms with Crippen molar-refractivity contribution < 1.29 is 14.5 Å². The first-order valence-electron chi connectivity index (χ1n) is 8.13. The quantitative estimate of drug-likeness (QED) is 0.728. The maximum Gasteiger partial charge on any atom is 0.370 e. The molecule has 0 fully saturated rings. The third-order valence-corrected chi connectivity index (χ3v) is 4.13. The van der Waals surface area contributed by atoms with Crippen LogP contribution >= 0.6 is 0 Å². The monoisotopic (exact) mass is 333 g/mol. The van der Waals surface area contributed by atoms with E-state index >= 15 is 0 Å². The molecule has 0 amide bonds. The number of para-hydroxylation sites is 1. The number of aromatic nitrogens is 1. The van der Waals surface area contributed by atoms with Crippen molar-refractivity contribution in [1.29, 1.82) is 0 Å². The number of carbonyl (C=O) groups is 1. The molecule has 0 atom stereocenters. The van der Waals surface area contributed by atoms with E-state index in [1.54, 1.807) is 4.57 Å². The van der Waals surface area contributed by atoms with E-state index in [0.29, 0.717) is 0 Å². The average molecular weight is 333 g/mol. The maximum absolute atomic E-state index is 11.0. The van der Waals surface area contributed by atoms with Crippen molar-refractivity contribution in [3.63, 3.8) is 0 Å². The summed E-state index contributed by atoms with van der Waals surface area (Å²) in [6.45, 7) is -0.0451. The number of rotatable bonds is 5. The van der Waals surface area contributed by atoms with Crippen LogP contribution in [0.2, 0.25) is 0 Å². The van der Waals surface area contributed by atoms with Crippen LogP contribution in [0.4, 0.5) is 5.69 Å². The average Bonchev–Trinajstić information content (AvgIpc) is 2.61. The van der Waals surface area contributed by atoms with Gasteiger partial charge in [0.15, 0.2) is 6.20 Å². The lowest BCUT2D eigenvalue weighted by atomic mass is 10.1. The summed E-state index contributed by atoms with van der Waals surface area (Å²) < 4.78 is 1.75. The molecular weight excluding hydrogens is 312 g/mol. The molecule has 1 heterocycles. The van der Waals surface area contributed by atoms with Crippen molar-refractivity contribution in [3.8, 4) is 0 Å². The molecule has 1 N–H and O–H groups in total. The Bertz CT molecular complexity index is 928. The van der Waals surface area contributed by atoms with Gasteiger partial charge < -0.3 is 10.0 Å². The van der Waals surface area contributed by atoms with E-state index in [1.165, 1.54) is 0 Å². The number of benzene rings is 2. The topological polar surface area (TPSA) is 44.4 Å². The van der Waals surface area contributed by atoms with Crippen LogP contribution in [0, 0.1) is 0 Å². The summed E-state index contributed by atoms with van der Waals surface area (Å²) in [5, 5.41) is 10.1. The number of hydrogen-bond donors (Lipinski definition) is 1. The van der Waals surface area contributed by atoms with E-state index in [9.17, 15) is 4.79 Å². The van der Waals surface area contributed by atoms with Crippen molar-refractivity contribution in [2.45, 2.75) is 6.54 Å². The highest BCUT2D eigenvalue weighted by Crippen LogP contribution is 2.19. The summed E-state index contributed by atoms with van der Waals surface area (Å²) in [6, 6.07) is 18.2. The molecule has 25 heavy (non-hydrogen) atoms. The van der Waals surface area contributed by atoms with Crippen molar-refractivity contribution in [3.05, 3.63) is 71.9 Å². The van der Waals surface area contributed by atoms with Crippen LogP contribution in [0.3, 0.4) is 0 Å². The summed E-state index contributed by atoms with van der Waals surface area (Å²) in [5.74, 6) is -0.848. The number of hydrogen-bond acceptors (Lipinski definition) is 2. The minimum absolute atomic E-state index is 0.0451. The number of nitrogens with zero attached hydrogens (tertiary/aromatic N) is 2. The molecule has 0 aliphatic carbocycles. The minimum Gasteiger partial charge on any atom is -0.477 e. The normalized spacial score (nSPS) is 11.1. The van der Waals surface area contributed by atoms with Crippen molar-refractivity contribution >= 4 is 34.7 Å². The fraction of sp³-hybridized carbons (Fsp3) is 0.143. The van der Waals surface area contributed by atoms with Crippen molar-refractivity contribution in [2.24, 2.45) is 0 Å². The fourth-order valence-corrected chi connectivity index (χ4v) is 2.81. The molecule has 0 saturated heterocycles. The fourth-order valence-electron chi connectivity index (χ4n) is 2.81. The van der Waals surface area contributed by atoms with E-state index in [0.717, 1.165) is 27.7 Å². The van der Waals surface area contributed by atoms with Gasteiger partial charge in [-0.05, 0) is 29.3 Å². The van der Waals surface area contributed by atoms with Gasteiger partial charge in [0.1, 0.15) is 0 Å². The van der Waals surface area contributed by atoms with Gasteiger partial charge in [0.2, 0.25) is 12.1 Å². The van der Waals surface area contributed by atoms with Gasteiger partial charge in [-0.25, -0.2) is 4.79 Å². The molecule has 0 radical (unpaired) electrons. The van der Waals surface area contributed by atoms with E-state index in [2.05, 4.69) is 41.3 Å². The largest absolute Gasteiger partial charge is 0.477 e. The molecule has 4 heteroatoms. The summed E-state index contributed by atoms with van der Waals surface area (Å²) in [7, 11) is 4.04. The lowest BCUT2D eigenvalue weighted by Gasteiger charge is -2.11. The van der Waals surface area contributed by atoms with Crippen LogP contribution in [-0.2, 0) is 11.3 Å². The first-order valence-corrected chi connectivity index (χ1v) is 8.13. The number of aliphatic carboxylic acids is 1. The second-order valence-corrected chi connectivity index (χ2v) is 6.13. The van der Waals surface area contributed by atoms with Crippen molar-refractivity contribution in [1.82, 2.24) is 0 Å². The first-order chi connectivity index (χ1) is 12.0. The second kappa shape index (κ2) is 7.18. The lowest BCUT2D eigenvalue weighted by molar-refractivity contribution is -0.660. The Balaban J connectivity index is 1.95. The Morgan fingerprint density at radius 2 is 1.76 bits per heavy atom. The predicted octanol–water partition coefficient (Wildman–Crippen LogP) is 3.45. The second-order valence-electron chi connectivity index (χ2n) is 6.13. The van der Waals surface area contributed by atoms with Crippen LogP contribution < -0.4 is 9.47 Å². The number of fused-ring (bicyclic) bond motifs is 1. The van der Waals surface area contributed by atoms with Crippen molar-refractivity contribution in [2.75, 3.05) is 19.0 Å². The molecule has 3 rings (SSSR count). The standard InChI is InChI=1S/C21H20N2O2/c1-22(2)18-11-8-16(9-12-18)7-10-17-13-14-23(15-21(24)25)20-6-4-3-5-19(17)20/h3-14H,15H2,1-2H3/p+1. The lowest BCUT2D eigenvalue weighted by Crippen LogP contribution is -2.38. The minimum atomic E-state index is -0.848. The number of pyridine rings is 1. The molecule has 0 aliphatic heterocycles. The molecule has 4 nitrogen and oxygen atoms in total. The maximum atomic E-state index is 11.0. The van der Waals surface area contributed by atoms with E-state index < -0.39 is 5.97 Å². The summed E-state index contributed by atoms with van der Waals surface area (Å²) in [5.41, 5.74) is 4.26. The van der Waals surface area contributed by atoms with Gasteiger partial charge in [0.05, 0.1) is 5.39 Å². The Hall–Kier alpha value is -3.14. The van der Waals surface area contributed by atoms with E-state index in [1.807, 2.05) is 50.6 Å². The first kappa shape index (κ1) is 16.7. The highest BCUT2D eigenvalue weighted by Gasteiger charge is 2.13. The Morgan fingerprint density at radius 1 is 1.04 bits per heavy atom. The SMILES string of the molecule is CN(C)c1ccc(/C=C/c2cc[n+](CC(=O)O)c3ccccc23)cc1. The summed E-state index contributed by atoms with van der Waals surface area (Å²) in [4.78, 5) is 13.1. The number of carboxylic acid groups (broad SMARTS) is 1. The van der Waals surface area contributed by atoms with Crippen LogP contribution in [0.15, 0.2) is 60.8 Å². The molecule has 2 aromatic carbocycles. The predicted molar refractivity (Wildman–Crippen MR) is 101 cm³/mol. The van der Waals surface area contributed by atoms with Gasteiger partial charge in [0, 0.05) is 31.9 Å². The van der Waals surface area contributed by atoms with Gasteiger partial charge in [-0.2, -0.15) is 4.57 Å². The van der Waals surface area contributed by atoms with Gasteiger partial charge in [-0.15, -0.1) is 0 Å². The Morgan fingerprint density at radius 3 is 2.44 bits per heavy atom. The molecule has 0 bridgehead atoms. The van der Waals surface area contributed by atoms with E-state index in [4.69, 9.17) is 5.11 Å². The third kappa shape index (κ3) is 3.86. The van der Waals surface area contributed by atoms with Gasteiger partial charge in [0.25, 0.3) is 0 Å². The molecule has 0 unspecified atom stereocenters. The molecule has 0 aliphatic rings. The number of carboxylic acids is 1. The Labute approximate surface area is 147 Å². The zero-order valence-electron chi connectivity index (χ0n) is 14.4. The molecule has 3 aromatic rings. The zero-order valence-corrected chi connectivity index (χ0v) is 14.4. The van der Waals surface area contributed by atoms with Crippen LogP contribution in [0.1, 0.15) is 11.1 Å². The molecular formula is C21H21N2O2+. The van der Waals surface area contributed by atoms with E-state index in [-0.39, 0.29) is 6.54 Å². The summed E-state index contributed by atoms with van der Waals surface area (Å²) >= 11 is 0.